The van der Waals surface area contributed by atoms with Crippen LogP contribution >= 0.6 is 0 Å². The Morgan fingerprint density at radius 2 is 1.46 bits per heavy atom. The number of carbonyl (C=O) groups is 1. The van der Waals surface area contributed by atoms with Crippen molar-refractivity contribution in [1.29, 1.82) is 0 Å². The fourth-order valence-electron chi connectivity index (χ4n) is 2.48. The van der Waals surface area contributed by atoms with Gasteiger partial charge in [0.2, 0.25) is 0 Å². The number of rotatable bonds is 5. The molecule has 1 amide bonds. The van der Waals surface area contributed by atoms with Crippen molar-refractivity contribution in [2.75, 3.05) is 16.7 Å². The Balaban J connectivity index is 1.86. The molecule has 0 radical (unpaired) electrons. The van der Waals surface area contributed by atoms with Crippen LogP contribution in [0.15, 0.2) is 77.7 Å². The van der Waals surface area contributed by atoms with Crippen molar-refractivity contribution in [3.8, 4) is 0 Å². The van der Waals surface area contributed by atoms with Gasteiger partial charge in [-0.15, -0.1) is 0 Å². The molecule has 0 saturated heterocycles. The maximum atomic E-state index is 13.1. The Hall–Kier alpha value is -3.26. The van der Waals surface area contributed by atoms with Crippen LogP contribution in [-0.4, -0.2) is 21.4 Å². The van der Waals surface area contributed by atoms with Crippen molar-refractivity contribution in [2.24, 2.45) is 0 Å². The number of nitrogens with one attached hydrogen (secondary N) is 1. The van der Waals surface area contributed by atoms with Crippen LogP contribution in [-0.2, 0) is 10.0 Å². The second-order valence-corrected chi connectivity index (χ2v) is 7.91. The third-order valence-electron chi connectivity index (χ3n) is 4.05. The van der Waals surface area contributed by atoms with Gasteiger partial charge in [0.1, 0.15) is 11.6 Å². The number of halogens is 2. The summed E-state index contributed by atoms with van der Waals surface area (Å²) >= 11 is 0. The highest BCUT2D eigenvalue weighted by atomic mass is 32.2. The SMILES string of the molecule is CN(c1ccc(F)cc1)S(=O)(=O)c1cccc(C(=O)Nc2ccc(F)cc2)c1. The highest BCUT2D eigenvalue weighted by molar-refractivity contribution is 7.92. The first-order valence-corrected chi connectivity index (χ1v) is 9.63. The van der Waals surface area contributed by atoms with Gasteiger partial charge in [0, 0.05) is 18.3 Å². The van der Waals surface area contributed by atoms with Gasteiger partial charge >= 0.3 is 0 Å². The van der Waals surface area contributed by atoms with Crippen molar-refractivity contribution >= 4 is 27.3 Å². The second kappa shape index (κ2) is 7.77. The molecule has 0 unspecified atom stereocenters. The van der Waals surface area contributed by atoms with Crippen molar-refractivity contribution < 1.29 is 22.0 Å². The number of hydrogen-bond donors (Lipinski definition) is 1. The van der Waals surface area contributed by atoms with Crippen LogP contribution in [0.4, 0.5) is 20.2 Å². The topological polar surface area (TPSA) is 66.5 Å². The van der Waals surface area contributed by atoms with E-state index in [2.05, 4.69) is 5.32 Å². The minimum atomic E-state index is -3.96. The van der Waals surface area contributed by atoms with Gasteiger partial charge in [-0.3, -0.25) is 9.10 Å². The summed E-state index contributed by atoms with van der Waals surface area (Å²) in [5, 5.41) is 2.58. The Bertz CT molecular complexity index is 1100. The van der Waals surface area contributed by atoms with E-state index < -0.39 is 27.6 Å². The molecule has 5 nitrogen and oxygen atoms in total. The summed E-state index contributed by atoms with van der Waals surface area (Å²) in [5.74, 6) is -1.45. The lowest BCUT2D eigenvalue weighted by Gasteiger charge is -2.19. The van der Waals surface area contributed by atoms with Crippen molar-refractivity contribution in [1.82, 2.24) is 0 Å². The van der Waals surface area contributed by atoms with Gasteiger partial charge < -0.3 is 5.32 Å². The number of benzene rings is 3. The number of amides is 1. The fourth-order valence-corrected chi connectivity index (χ4v) is 3.72. The van der Waals surface area contributed by atoms with Gasteiger partial charge in [0.05, 0.1) is 10.6 Å². The van der Waals surface area contributed by atoms with Gasteiger partial charge in [-0.25, -0.2) is 17.2 Å². The molecule has 8 heteroatoms. The molecule has 0 saturated carbocycles. The largest absolute Gasteiger partial charge is 0.322 e. The molecule has 3 aromatic carbocycles. The summed E-state index contributed by atoms with van der Waals surface area (Å²) in [6.45, 7) is 0. The zero-order valence-corrected chi connectivity index (χ0v) is 15.6. The maximum absolute atomic E-state index is 13.1. The van der Waals surface area contributed by atoms with E-state index in [0.717, 1.165) is 16.4 Å². The molecule has 0 aliphatic rings. The average molecular weight is 402 g/mol. The standard InChI is InChI=1S/C20H16F2N2O3S/c1-24(18-11-7-16(22)8-12-18)28(26,27)19-4-2-3-14(13-19)20(25)23-17-9-5-15(21)6-10-17/h2-13H,1H3,(H,23,25). The lowest BCUT2D eigenvalue weighted by atomic mass is 10.2. The molecule has 1 N–H and O–H groups in total. The van der Waals surface area contributed by atoms with Crippen LogP contribution in [0.25, 0.3) is 0 Å². The van der Waals surface area contributed by atoms with Crippen LogP contribution in [0.3, 0.4) is 0 Å². The van der Waals surface area contributed by atoms with E-state index in [1.807, 2.05) is 0 Å². The first-order valence-electron chi connectivity index (χ1n) is 8.19. The molecular weight excluding hydrogens is 386 g/mol. The third kappa shape index (κ3) is 4.17. The van der Waals surface area contributed by atoms with Gasteiger partial charge in [-0.1, -0.05) is 6.07 Å². The minimum Gasteiger partial charge on any atom is -0.322 e. The predicted octanol–water partition coefficient (Wildman–Crippen LogP) is 4.04. The van der Waals surface area contributed by atoms with E-state index in [4.69, 9.17) is 0 Å². The lowest BCUT2D eigenvalue weighted by Crippen LogP contribution is -2.26. The zero-order valence-electron chi connectivity index (χ0n) is 14.8. The molecule has 3 rings (SSSR count). The molecule has 0 aromatic heterocycles. The Labute approximate surface area is 161 Å². The van der Waals surface area contributed by atoms with E-state index in [-0.39, 0.29) is 16.1 Å². The summed E-state index contributed by atoms with van der Waals surface area (Å²) in [6, 6.07) is 15.7. The summed E-state index contributed by atoms with van der Waals surface area (Å²) in [6.07, 6.45) is 0. The summed E-state index contributed by atoms with van der Waals surface area (Å²) < 4.78 is 52.7. The molecule has 0 heterocycles. The van der Waals surface area contributed by atoms with Gasteiger partial charge in [0.15, 0.2) is 0 Å². The first-order chi connectivity index (χ1) is 13.3. The molecule has 0 atom stereocenters. The minimum absolute atomic E-state index is 0.0916. The Morgan fingerprint density at radius 1 is 0.893 bits per heavy atom. The molecule has 3 aromatic rings. The summed E-state index contributed by atoms with van der Waals surface area (Å²) in [5.41, 5.74) is 0.781. The van der Waals surface area contributed by atoms with E-state index in [0.29, 0.717) is 5.69 Å². The summed E-state index contributed by atoms with van der Waals surface area (Å²) in [4.78, 5) is 12.3. The summed E-state index contributed by atoms with van der Waals surface area (Å²) in [7, 11) is -2.62. The molecule has 0 spiro atoms. The highest BCUT2D eigenvalue weighted by Crippen LogP contribution is 2.23. The highest BCUT2D eigenvalue weighted by Gasteiger charge is 2.22. The monoisotopic (exact) mass is 402 g/mol. The van der Waals surface area contributed by atoms with Crippen LogP contribution < -0.4 is 9.62 Å². The van der Waals surface area contributed by atoms with E-state index in [1.165, 1.54) is 67.7 Å². The van der Waals surface area contributed by atoms with Gasteiger partial charge in [-0.05, 0) is 66.7 Å². The molecule has 0 fully saturated rings. The zero-order chi connectivity index (χ0) is 20.3. The number of hydrogen-bond acceptors (Lipinski definition) is 3. The van der Waals surface area contributed by atoms with Crippen LogP contribution in [0.2, 0.25) is 0 Å². The smallest absolute Gasteiger partial charge is 0.264 e. The first kappa shape index (κ1) is 19.5. The van der Waals surface area contributed by atoms with Crippen molar-refractivity contribution in [2.45, 2.75) is 4.90 Å². The molecule has 0 bridgehead atoms. The van der Waals surface area contributed by atoms with Crippen LogP contribution in [0.5, 0.6) is 0 Å². The van der Waals surface area contributed by atoms with Crippen LogP contribution in [0.1, 0.15) is 10.4 Å². The van der Waals surface area contributed by atoms with E-state index >= 15 is 0 Å². The molecule has 28 heavy (non-hydrogen) atoms. The normalized spacial score (nSPS) is 11.1. The Morgan fingerprint density at radius 3 is 2.07 bits per heavy atom. The Kier molecular flexibility index (Phi) is 5.41. The van der Waals surface area contributed by atoms with Crippen molar-refractivity contribution in [3.63, 3.8) is 0 Å². The number of nitrogens with zero attached hydrogens (tertiary/aromatic N) is 1. The third-order valence-corrected chi connectivity index (χ3v) is 5.83. The molecule has 0 aliphatic carbocycles. The average Bonchev–Trinajstić information content (AvgIpc) is 2.70. The van der Waals surface area contributed by atoms with Gasteiger partial charge in [-0.2, -0.15) is 0 Å². The maximum Gasteiger partial charge on any atom is 0.264 e. The van der Waals surface area contributed by atoms with Crippen molar-refractivity contribution in [3.05, 3.63) is 90.0 Å². The predicted molar refractivity (Wildman–Crippen MR) is 103 cm³/mol. The quantitative estimate of drug-likeness (QED) is 0.700. The van der Waals surface area contributed by atoms with Crippen LogP contribution in [0, 0.1) is 11.6 Å². The lowest BCUT2D eigenvalue weighted by molar-refractivity contribution is 0.102. The molecule has 144 valence electrons. The number of sulfonamides is 1. The molecular formula is C20H16F2N2O3S. The van der Waals surface area contributed by atoms with Gasteiger partial charge in [0.25, 0.3) is 15.9 Å². The second-order valence-electron chi connectivity index (χ2n) is 5.94. The fraction of sp³-hybridized carbons (Fsp3) is 0.0500. The number of anilines is 2. The number of carbonyl (C=O) groups excluding carboxylic acids is 1. The van der Waals surface area contributed by atoms with E-state index in [9.17, 15) is 22.0 Å². The molecule has 0 aliphatic heterocycles. The van der Waals surface area contributed by atoms with E-state index in [1.54, 1.807) is 0 Å².